The minimum absolute atomic E-state index is 0.0185. The van der Waals surface area contributed by atoms with Crippen molar-refractivity contribution in [1.29, 1.82) is 0 Å². The van der Waals surface area contributed by atoms with Gasteiger partial charge in [0, 0.05) is 18.0 Å². The lowest BCUT2D eigenvalue weighted by Gasteiger charge is -2.11. The lowest BCUT2D eigenvalue weighted by molar-refractivity contribution is -0.123. The van der Waals surface area contributed by atoms with Gasteiger partial charge < -0.3 is 10.3 Å². The van der Waals surface area contributed by atoms with Gasteiger partial charge in [-0.1, -0.05) is 18.2 Å². The molecular formula is C20H19N5O. The second-order valence-electron chi connectivity index (χ2n) is 6.96. The minimum atomic E-state index is -0.126. The Kier molecular flexibility index (Phi) is 3.31. The number of hydrogen-bond acceptors (Lipinski definition) is 3. The zero-order valence-corrected chi connectivity index (χ0v) is 14.4. The predicted octanol–water partition coefficient (Wildman–Crippen LogP) is 3.19. The van der Waals surface area contributed by atoms with Crippen molar-refractivity contribution in [3.8, 4) is 0 Å². The van der Waals surface area contributed by atoms with Crippen molar-refractivity contribution in [2.45, 2.75) is 25.3 Å². The second-order valence-corrected chi connectivity index (χ2v) is 6.96. The monoisotopic (exact) mass is 345 g/mol. The molecule has 1 aliphatic rings. The number of aromatic amines is 1. The Hall–Kier alpha value is -3.15. The summed E-state index contributed by atoms with van der Waals surface area (Å²) in [5.74, 6) is 1.14. The van der Waals surface area contributed by atoms with E-state index in [1.807, 2.05) is 66.2 Å². The number of pyridine rings is 1. The SMILES string of the molecule is C[C@@H](NC(=O)C1C[C@@H]1c1nc2ccccc2[nH]1)c1cc2ccccn2n1. The molecule has 0 radical (unpaired) electrons. The summed E-state index contributed by atoms with van der Waals surface area (Å²) in [6.45, 7) is 1.97. The first kappa shape index (κ1) is 15.1. The van der Waals surface area contributed by atoms with E-state index in [4.69, 9.17) is 0 Å². The molecule has 0 bridgehead atoms. The highest BCUT2D eigenvalue weighted by Crippen LogP contribution is 2.47. The van der Waals surface area contributed by atoms with Crippen LogP contribution >= 0.6 is 0 Å². The average molecular weight is 345 g/mol. The number of H-pyrrole nitrogens is 1. The van der Waals surface area contributed by atoms with Crippen LogP contribution < -0.4 is 5.32 Å². The van der Waals surface area contributed by atoms with Gasteiger partial charge in [-0.3, -0.25) is 4.79 Å². The van der Waals surface area contributed by atoms with Crippen molar-refractivity contribution in [1.82, 2.24) is 24.9 Å². The molecule has 1 aliphatic carbocycles. The number of para-hydroxylation sites is 2. The number of hydrogen-bond donors (Lipinski definition) is 2. The van der Waals surface area contributed by atoms with E-state index >= 15 is 0 Å². The van der Waals surface area contributed by atoms with Crippen molar-refractivity contribution in [3.05, 3.63) is 66.2 Å². The highest BCUT2D eigenvalue weighted by molar-refractivity contribution is 5.83. The van der Waals surface area contributed by atoms with E-state index in [-0.39, 0.29) is 23.8 Å². The average Bonchev–Trinajstić information content (AvgIpc) is 3.14. The summed E-state index contributed by atoms with van der Waals surface area (Å²) in [7, 11) is 0. The van der Waals surface area contributed by atoms with Crippen LogP contribution in [0.25, 0.3) is 16.6 Å². The molecule has 6 heteroatoms. The van der Waals surface area contributed by atoms with E-state index in [1.54, 1.807) is 0 Å². The number of nitrogens with one attached hydrogen (secondary N) is 2. The summed E-state index contributed by atoms with van der Waals surface area (Å²) in [5.41, 5.74) is 3.86. The van der Waals surface area contributed by atoms with E-state index in [0.717, 1.165) is 34.5 Å². The van der Waals surface area contributed by atoms with Crippen LogP contribution in [-0.2, 0) is 4.79 Å². The number of carbonyl (C=O) groups excluding carboxylic acids is 1. The molecule has 1 aromatic carbocycles. The number of aromatic nitrogens is 4. The van der Waals surface area contributed by atoms with E-state index < -0.39 is 0 Å². The van der Waals surface area contributed by atoms with Gasteiger partial charge in [-0.2, -0.15) is 5.10 Å². The normalized spacial score (nSPS) is 20.3. The van der Waals surface area contributed by atoms with Crippen molar-refractivity contribution >= 4 is 22.5 Å². The van der Waals surface area contributed by atoms with Gasteiger partial charge in [0.25, 0.3) is 0 Å². The second kappa shape index (κ2) is 5.69. The maximum absolute atomic E-state index is 12.6. The number of nitrogens with zero attached hydrogens (tertiary/aromatic N) is 3. The van der Waals surface area contributed by atoms with Crippen LogP contribution in [0.2, 0.25) is 0 Å². The van der Waals surface area contributed by atoms with Crippen LogP contribution in [-0.4, -0.2) is 25.5 Å². The van der Waals surface area contributed by atoms with Crippen molar-refractivity contribution in [2.75, 3.05) is 0 Å². The molecule has 1 amide bonds. The molecule has 0 spiro atoms. The van der Waals surface area contributed by atoms with Gasteiger partial charge in [-0.05, 0) is 43.7 Å². The van der Waals surface area contributed by atoms with Crippen LogP contribution in [0.1, 0.15) is 36.8 Å². The van der Waals surface area contributed by atoms with Gasteiger partial charge in [0.05, 0.1) is 28.3 Å². The highest BCUT2D eigenvalue weighted by atomic mass is 16.2. The fourth-order valence-electron chi connectivity index (χ4n) is 3.50. The van der Waals surface area contributed by atoms with E-state index in [1.165, 1.54) is 0 Å². The molecule has 1 unspecified atom stereocenters. The molecule has 6 nitrogen and oxygen atoms in total. The quantitative estimate of drug-likeness (QED) is 0.596. The summed E-state index contributed by atoms with van der Waals surface area (Å²) >= 11 is 0. The zero-order chi connectivity index (χ0) is 17.7. The van der Waals surface area contributed by atoms with Crippen LogP contribution in [0.3, 0.4) is 0 Å². The number of amides is 1. The van der Waals surface area contributed by atoms with Gasteiger partial charge in [0.15, 0.2) is 0 Å². The van der Waals surface area contributed by atoms with Gasteiger partial charge >= 0.3 is 0 Å². The highest BCUT2D eigenvalue weighted by Gasteiger charge is 2.46. The van der Waals surface area contributed by atoms with Gasteiger partial charge in [-0.15, -0.1) is 0 Å². The van der Waals surface area contributed by atoms with Crippen molar-refractivity contribution in [2.24, 2.45) is 5.92 Å². The Morgan fingerprint density at radius 3 is 2.96 bits per heavy atom. The van der Waals surface area contributed by atoms with Gasteiger partial charge in [0.1, 0.15) is 5.82 Å². The molecule has 5 rings (SSSR count). The summed E-state index contributed by atoms with van der Waals surface area (Å²) in [6.07, 6.45) is 2.75. The number of carbonyl (C=O) groups is 1. The Bertz CT molecular complexity index is 1050. The lowest BCUT2D eigenvalue weighted by atomic mass is 10.2. The summed E-state index contributed by atoms with van der Waals surface area (Å²) < 4.78 is 1.83. The standard InChI is InChI=1S/C20H19N5O/c1-12(18-10-13-6-4-5-9-25(13)24-18)21-20(26)15-11-14(15)19-22-16-7-2-3-8-17(16)23-19/h2-10,12,14-15H,11H2,1H3,(H,21,26)(H,22,23)/t12-,14+,15?/m1/s1. The molecule has 1 fully saturated rings. The zero-order valence-electron chi connectivity index (χ0n) is 14.4. The Labute approximate surface area is 150 Å². The summed E-state index contributed by atoms with van der Waals surface area (Å²) in [5, 5.41) is 7.63. The molecule has 3 heterocycles. The summed E-state index contributed by atoms with van der Waals surface area (Å²) in [4.78, 5) is 20.6. The van der Waals surface area contributed by atoms with E-state index in [9.17, 15) is 4.79 Å². The lowest BCUT2D eigenvalue weighted by Crippen LogP contribution is -2.28. The largest absolute Gasteiger partial charge is 0.348 e. The van der Waals surface area contributed by atoms with Crippen LogP contribution in [0.5, 0.6) is 0 Å². The molecule has 4 aromatic rings. The molecule has 0 saturated heterocycles. The molecule has 26 heavy (non-hydrogen) atoms. The van der Waals surface area contributed by atoms with Crippen LogP contribution in [0.4, 0.5) is 0 Å². The van der Waals surface area contributed by atoms with E-state index in [0.29, 0.717) is 0 Å². The molecule has 3 aromatic heterocycles. The smallest absolute Gasteiger partial charge is 0.224 e. The molecule has 2 N–H and O–H groups in total. The first-order valence-corrected chi connectivity index (χ1v) is 8.88. The Morgan fingerprint density at radius 1 is 1.27 bits per heavy atom. The maximum Gasteiger partial charge on any atom is 0.224 e. The predicted molar refractivity (Wildman–Crippen MR) is 98.7 cm³/mol. The molecule has 1 saturated carbocycles. The number of fused-ring (bicyclic) bond motifs is 2. The maximum atomic E-state index is 12.6. The summed E-state index contributed by atoms with van der Waals surface area (Å²) in [6, 6.07) is 15.8. The molecular weight excluding hydrogens is 326 g/mol. The van der Waals surface area contributed by atoms with Gasteiger partial charge in [0.2, 0.25) is 5.91 Å². The minimum Gasteiger partial charge on any atom is -0.348 e. The number of imidazole rings is 1. The van der Waals surface area contributed by atoms with Gasteiger partial charge in [-0.25, -0.2) is 9.50 Å². The molecule has 130 valence electrons. The number of benzene rings is 1. The molecule has 0 aliphatic heterocycles. The third-order valence-electron chi connectivity index (χ3n) is 5.08. The van der Waals surface area contributed by atoms with E-state index in [2.05, 4.69) is 20.4 Å². The first-order valence-electron chi connectivity index (χ1n) is 8.88. The third-order valence-corrected chi connectivity index (χ3v) is 5.08. The fourth-order valence-corrected chi connectivity index (χ4v) is 3.50. The van der Waals surface area contributed by atoms with Crippen molar-refractivity contribution in [3.63, 3.8) is 0 Å². The number of rotatable bonds is 4. The van der Waals surface area contributed by atoms with Crippen LogP contribution in [0.15, 0.2) is 54.7 Å². The van der Waals surface area contributed by atoms with Crippen LogP contribution in [0, 0.1) is 5.92 Å². The Morgan fingerprint density at radius 2 is 2.12 bits per heavy atom. The van der Waals surface area contributed by atoms with Crippen molar-refractivity contribution < 1.29 is 4.79 Å². The first-order chi connectivity index (χ1) is 12.7. The molecule has 3 atom stereocenters. The fraction of sp³-hybridized carbons (Fsp3) is 0.250. The third kappa shape index (κ3) is 2.54. The Balaban J connectivity index is 1.28. The topological polar surface area (TPSA) is 75.1 Å².